The van der Waals surface area contributed by atoms with Crippen molar-refractivity contribution >= 4 is 17.8 Å². The van der Waals surface area contributed by atoms with Crippen molar-refractivity contribution in [3.05, 3.63) is 154 Å². The number of carbonyl (C=O) groups excluding carboxylic acids is 1. The molecule has 8 nitrogen and oxygen atoms in total. The minimum absolute atomic E-state index is 0.0203. The molecule has 0 bridgehead atoms. The predicted octanol–water partition coefficient (Wildman–Crippen LogP) is 8.05. The van der Waals surface area contributed by atoms with E-state index in [0.717, 1.165) is 39.3 Å². The van der Waals surface area contributed by atoms with Crippen LogP contribution in [0.15, 0.2) is 137 Å². The van der Waals surface area contributed by atoms with Gasteiger partial charge in [-0.15, -0.1) is 0 Å². The van der Waals surface area contributed by atoms with Gasteiger partial charge in [-0.1, -0.05) is 60.7 Å². The fourth-order valence-electron chi connectivity index (χ4n) is 4.97. The number of benzene rings is 4. The zero-order chi connectivity index (χ0) is 29.8. The molecule has 0 atom stereocenters. The van der Waals surface area contributed by atoms with Gasteiger partial charge in [0.25, 0.3) is 11.6 Å². The van der Waals surface area contributed by atoms with E-state index in [1.54, 1.807) is 37.3 Å². The molecule has 0 spiro atoms. The highest BCUT2D eigenvalue weighted by Gasteiger charge is 2.15. The van der Waals surface area contributed by atoms with Crippen LogP contribution in [0, 0.1) is 17.0 Å². The summed E-state index contributed by atoms with van der Waals surface area (Å²) in [4.78, 5) is 23.4. The number of rotatable bonds is 8. The molecular weight excluding hydrogens is 540 g/mol. The first-order valence-electron chi connectivity index (χ1n) is 13.6. The average molecular weight is 567 g/mol. The Labute approximate surface area is 247 Å². The molecule has 0 fully saturated rings. The normalized spacial score (nSPS) is 11.1. The first-order valence-corrected chi connectivity index (χ1v) is 13.6. The lowest BCUT2D eigenvalue weighted by molar-refractivity contribution is -0.384. The zero-order valence-electron chi connectivity index (χ0n) is 23.2. The topological polar surface area (TPSA) is 103 Å². The Bertz CT molecular complexity index is 1880. The number of carbonyl (C=O) groups is 1. The number of amides is 1. The molecule has 1 amide bonds. The van der Waals surface area contributed by atoms with E-state index in [1.807, 2.05) is 48.5 Å². The second-order valence-corrected chi connectivity index (χ2v) is 9.88. The summed E-state index contributed by atoms with van der Waals surface area (Å²) >= 11 is 0. The van der Waals surface area contributed by atoms with Gasteiger partial charge in [0.05, 0.1) is 22.5 Å². The van der Waals surface area contributed by atoms with E-state index in [0.29, 0.717) is 17.1 Å². The summed E-state index contributed by atoms with van der Waals surface area (Å²) in [6, 6.07) is 40.0. The fourth-order valence-corrected chi connectivity index (χ4v) is 4.97. The Hall–Kier alpha value is -6.02. The van der Waals surface area contributed by atoms with Gasteiger partial charge in [0.15, 0.2) is 0 Å². The molecule has 6 aromatic rings. The number of hydrogen-bond acceptors (Lipinski definition) is 5. The van der Waals surface area contributed by atoms with Crippen LogP contribution in [0.25, 0.3) is 39.5 Å². The summed E-state index contributed by atoms with van der Waals surface area (Å²) in [7, 11) is 0. The summed E-state index contributed by atoms with van der Waals surface area (Å²) in [6.07, 6.45) is 1.41. The van der Waals surface area contributed by atoms with Gasteiger partial charge < -0.3 is 8.98 Å². The average Bonchev–Trinajstić information content (AvgIpc) is 3.70. The summed E-state index contributed by atoms with van der Waals surface area (Å²) < 4.78 is 8.00. The van der Waals surface area contributed by atoms with Crippen molar-refractivity contribution in [3.63, 3.8) is 0 Å². The maximum atomic E-state index is 12.9. The van der Waals surface area contributed by atoms with Gasteiger partial charge in [-0.3, -0.25) is 14.9 Å². The number of nitrogens with zero attached hydrogens (tertiary/aromatic N) is 3. The van der Waals surface area contributed by atoms with E-state index < -0.39 is 4.92 Å². The van der Waals surface area contributed by atoms with Crippen LogP contribution in [0.2, 0.25) is 0 Å². The van der Waals surface area contributed by atoms with Crippen molar-refractivity contribution in [2.24, 2.45) is 5.10 Å². The van der Waals surface area contributed by atoms with Crippen molar-refractivity contribution in [2.45, 2.75) is 6.92 Å². The Balaban J connectivity index is 1.19. The molecule has 43 heavy (non-hydrogen) atoms. The van der Waals surface area contributed by atoms with Crippen molar-refractivity contribution in [2.75, 3.05) is 0 Å². The number of aryl methyl sites for hydroxylation is 1. The molecule has 0 radical (unpaired) electrons. The minimum atomic E-state index is -0.433. The van der Waals surface area contributed by atoms with Gasteiger partial charge in [0, 0.05) is 28.9 Å². The molecule has 0 aliphatic heterocycles. The van der Waals surface area contributed by atoms with Gasteiger partial charge in [0.2, 0.25) is 0 Å². The van der Waals surface area contributed by atoms with Crippen molar-refractivity contribution in [3.8, 4) is 39.5 Å². The third kappa shape index (κ3) is 5.75. The minimum Gasteiger partial charge on any atom is -0.455 e. The van der Waals surface area contributed by atoms with Crippen LogP contribution in [0.3, 0.4) is 0 Å². The van der Waals surface area contributed by atoms with Crippen LogP contribution in [-0.4, -0.2) is 21.6 Å². The molecule has 8 heteroatoms. The molecule has 0 saturated carbocycles. The summed E-state index contributed by atoms with van der Waals surface area (Å²) in [5.74, 6) is 0.614. The number of nitro groups is 1. The van der Waals surface area contributed by atoms with Crippen LogP contribution in [0.1, 0.15) is 21.7 Å². The lowest BCUT2D eigenvalue weighted by atomic mass is 10.1. The van der Waals surface area contributed by atoms with Crippen LogP contribution >= 0.6 is 0 Å². The second-order valence-electron chi connectivity index (χ2n) is 9.88. The quantitative estimate of drug-likeness (QED) is 0.114. The number of nitrogens with one attached hydrogen (secondary N) is 1. The van der Waals surface area contributed by atoms with Crippen LogP contribution in [0.5, 0.6) is 0 Å². The van der Waals surface area contributed by atoms with Crippen LogP contribution in [0.4, 0.5) is 5.69 Å². The maximum Gasteiger partial charge on any atom is 0.271 e. The van der Waals surface area contributed by atoms with Gasteiger partial charge in [0.1, 0.15) is 11.5 Å². The molecule has 0 unspecified atom stereocenters. The lowest BCUT2D eigenvalue weighted by Crippen LogP contribution is -2.17. The van der Waals surface area contributed by atoms with Crippen LogP contribution < -0.4 is 5.43 Å². The number of hydrazone groups is 1. The summed E-state index contributed by atoms with van der Waals surface area (Å²) in [6.45, 7) is 1.78. The zero-order valence-corrected chi connectivity index (χ0v) is 23.2. The first kappa shape index (κ1) is 27.2. The third-order valence-electron chi connectivity index (χ3n) is 7.08. The van der Waals surface area contributed by atoms with E-state index in [2.05, 4.69) is 51.5 Å². The Kier molecular flexibility index (Phi) is 7.48. The van der Waals surface area contributed by atoms with Crippen molar-refractivity contribution in [1.29, 1.82) is 0 Å². The van der Waals surface area contributed by atoms with Gasteiger partial charge in [-0.25, -0.2) is 5.43 Å². The SMILES string of the molecule is Cc1cc([N+](=O)[O-])ccc1-c1ccc(/C=N\NC(=O)c2ccc(-n3c(-c4ccccc4)ccc3-c3ccccc3)cc2)o1. The van der Waals surface area contributed by atoms with Crippen molar-refractivity contribution < 1.29 is 14.1 Å². The van der Waals surface area contributed by atoms with Gasteiger partial charge in [-0.05, 0) is 78.2 Å². The molecule has 2 aromatic heterocycles. The molecule has 210 valence electrons. The fraction of sp³-hybridized carbons (Fsp3) is 0.0286. The van der Waals surface area contributed by atoms with E-state index in [9.17, 15) is 14.9 Å². The van der Waals surface area contributed by atoms with E-state index in [-0.39, 0.29) is 11.6 Å². The Morgan fingerprint density at radius 1 is 0.814 bits per heavy atom. The highest BCUT2D eigenvalue weighted by molar-refractivity contribution is 5.95. The number of aromatic nitrogens is 1. The largest absolute Gasteiger partial charge is 0.455 e. The second kappa shape index (κ2) is 11.8. The van der Waals surface area contributed by atoms with Gasteiger partial charge in [-0.2, -0.15) is 5.10 Å². The van der Waals surface area contributed by atoms with E-state index in [4.69, 9.17) is 4.42 Å². The molecular formula is C35H26N4O4. The third-order valence-corrected chi connectivity index (χ3v) is 7.08. The maximum absolute atomic E-state index is 12.9. The highest BCUT2D eigenvalue weighted by Crippen LogP contribution is 2.32. The number of hydrogen-bond donors (Lipinski definition) is 1. The molecule has 1 N–H and O–H groups in total. The predicted molar refractivity (Wildman–Crippen MR) is 167 cm³/mol. The molecule has 0 aliphatic rings. The standard InChI is InChI=1S/C35H26N4O4/c1-24-22-29(39(41)42)16-18-31(24)34-21-17-30(43-34)23-36-37-35(40)27-12-14-28(15-13-27)38-32(25-8-4-2-5-9-25)19-20-33(38)26-10-6-3-7-11-26/h2-23H,1H3,(H,37,40)/b36-23-. The number of furan rings is 1. The molecule has 2 heterocycles. The summed E-state index contributed by atoms with van der Waals surface area (Å²) in [5, 5.41) is 15.1. The van der Waals surface area contributed by atoms with Gasteiger partial charge >= 0.3 is 0 Å². The first-order chi connectivity index (χ1) is 21.0. The Morgan fingerprint density at radius 3 is 2.02 bits per heavy atom. The number of non-ortho nitro benzene ring substituents is 1. The smallest absolute Gasteiger partial charge is 0.271 e. The Morgan fingerprint density at radius 2 is 1.44 bits per heavy atom. The highest BCUT2D eigenvalue weighted by atomic mass is 16.6. The molecule has 0 saturated heterocycles. The summed E-state index contributed by atoms with van der Waals surface area (Å²) in [5.41, 5.74) is 9.67. The number of nitro benzene ring substituents is 1. The molecule has 4 aromatic carbocycles. The van der Waals surface area contributed by atoms with Crippen molar-refractivity contribution in [1.82, 2.24) is 9.99 Å². The monoisotopic (exact) mass is 566 g/mol. The lowest BCUT2D eigenvalue weighted by Gasteiger charge is -2.15. The molecule has 0 aliphatic carbocycles. The van der Waals surface area contributed by atoms with E-state index in [1.165, 1.54) is 18.3 Å². The van der Waals surface area contributed by atoms with E-state index >= 15 is 0 Å². The van der Waals surface area contributed by atoms with Crippen LogP contribution in [-0.2, 0) is 0 Å². The molecule has 6 rings (SSSR count).